The zero-order valence-corrected chi connectivity index (χ0v) is 12.1. The first-order valence-corrected chi connectivity index (χ1v) is 7.00. The number of hydrogen-bond donors (Lipinski definition) is 1. The van der Waals surface area contributed by atoms with Crippen molar-refractivity contribution in [1.82, 2.24) is 4.90 Å². The van der Waals surface area contributed by atoms with E-state index in [4.69, 9.17) is 10.2 Å². The van der Waals surface area contributed by atoms with Gasteiger partial charge in [0.2, 0.25) is 0 Å². The van der Waals surface area contributed by atoms with Crippen molar-refractivity contribution >= 4 is 5.91 Å². The van der Waals surface area contributed by atoms with Crippen LogP contribution in [-0.2, 0) is 6.54 Å². The molecule has 1 amide bonds. The van der Waals surface area contributed by atoms with Crippen LogP contribution in [0.3, 0.4) is 0 Å². The molecule has 2 N–H and O–H groups in total. The highest BCUT2D eigenvalue weighted by Gasteiger charge is 2.31. The molecule has 1 aromatic heterocycles. The minimum Gasteiger partial charge on any atom is -0.455 e. The molecule has 1 aliphatic heterocycles. The van der Waals surface area contributed by atoms with E-state index in [9.17, 15) is 4.79 Å². The molecule has 0 unspecified atom stereocenters. The van der Waals surface area contributed by atoms with E-state index in [1.165, 1.54) is 0 Å². The maximum absolute atomic E-state index is 12.3. The van der Waals surface area contributed by atoms with Crippen LogP contribution in [0.4, 0.5) is 0 Å². The zero-order chi connectivity index (χ0) is 14.0. The van der Waals surface area contributed by atoms with E-state index in [1.54, 1.807) is 12.1 Å². The first kappa shape index (κ1) is 14.1. The number of amides is 1. The summed E-state index contributed by atoms with van der Waals surface area (Å²) in [5.74, 6) is 1.75. The van der Waals surface area contributed by atoms with Crippen LogP contribution in [0.2, 0.25) is 0 Å². The molecule has 2 rings (SSSR count). The summed E-state index contributed by atoms with van der Waals surface area (Å²) < 4.78 is 5.43. The van der Waals surface area contributed by atoms with Gasteiger partial charge >= 0.3 is 0 Å². The van der Waals surface area contributed by atoms with Crippen molar-refractivity contribution in [3.8, 4) is 0 Å². The second-order valence-corrected chi connectivity index (χ2v) is 6.40. The average Bonchev–Trinajstić information content (AvgIpc) is 2.86. The Morgan fingerprint density at radius 2 is 2.00 bits per heavy atom. The Morgan fingerprint density at radius 1 is 1.37 bits per heavy atom. The van der Waals surface area contributed by atoms with Crippen LogP contribution >= 0.6 is 0 Å². The molecule has 106 valence electrons. The molecule has 1 aromatic rings. The van der Waals surface area contributed by atoms with Crippen LogP contribution in [0.15, 0.2) is 16.5 Å². The molecule has 2 heterocycles. The molecule has 0 spiro atoms. The predicted molar refractivity (Wildman–Crippen MR) is 74.7 cm³/mol. The molecule has 0 radical (unpaired) electrons. The number of likely N-dealkylation sites (tertiary alicyclic amines) is 1. The molecular weight excluding hydrogens is 240 g/mol. The minimum atomic E-state index is -0.00735. The number of nitrogens with zero attached hydrogens (tertiary/aromatic N) is 1. The number of carbonyl (C=O) groups excluding carboxylic acids is 1. The Balaban J connectivity index is 1.96. The summed E-state index contributed by atoms with van der Waals surface area (Å²) in [5.41, 5.74) is 5.82. The second-order valence-electron chi connectivity index (χ2n) is 6.40. The lowest BCUT2D eigenvalue weighted by Crippen LogP contribution is -2.41. The van der Waals surface area contributed by atoms with E-state index in [1.807, 2.05) is 4.90 Å². The summed E-state index contributed by atoms with van der Waals surface area (Å²) in [4.78, 5) is 14.2. The molecule has 1 saturated heterocycles. The van der Waals surface area contributed by atoms with E-state index in [2.05, 4.69) is 20.8 Å². The number of nitrogens with two attached hydrogens (primary N) is 1. The molecule has 0 atom stereocenters. The fourth-order valence-electron chi connectivity index (χ4n) is 2.71. The highest BCUT2D eigenvalue weighted by Crippen LogP contribution is 2.34. The van der Waals surface area contributed by atoms with Crippen LogP contribution in [0.5, 0.6) is 0 Å². The molecule has 19 heavy (non-hydrogen) atoms. The summed E-state index contributed by atoms with van der Waals surface area (Å²) in [6.45, 7) is 8.79. The molecule has 4 heteroatoms. The second kappa shape index (κ2) is 5.37. The standard InChI is InChI=1S/C15H24N2O2/c1-15(2,3)11-6-8-17(9-7-11)14(18)13-5-4-12(10-16)19-13/h4-5,11H,6-10,16H2,1-3H3. The minimum absolute atomic E-state index is 0.00735. The Kier molecular flexibility index (Phi) is 3.99. The first-order chi connectivity index (χ1) is 8.91. The monoisotopic (exact) mass is 264 g/mol. The van der Waals surface area contributed by atoms with Crippen molar-refractivity contribution in [2.45, 2.75) is 40.2 Å². The third-order valence-corrected chi connectivity index (χ3v) is 4.08. The highest BCUT2D eigenvalue weighted by molar-refractivity contribution is 5.91. The van der Waals surface area contributed by atoms with Gasteiger partial charge in [-0.3, -0.25) is 4.79 Å². The SMILES string of the molecule is CC(C)(C)C1CCN(C(=O)c2ccc(CN)o2)CC1. The van der Waals surface area contributed by atoms with Crippen LogP contribution in [0.1, 0.15) is 49.9 Å². The lowest BCUT2D eigenvalue weighted by atomic mass is 9.75. The molecular formula is C15H24N2O2. The third-order valence-electron chi connectivity index (χ3n) is 4.08. The Bertz CT molecular complexity index is 437. The van der Waals surface area contributed by atoms with Crippen LogP contribution in [-0.4, -0.2) is 23.9 Å². The number of piperidine rings is 1. The van der Waals surface area contributed by atoms with E-state index in [-0.39, 0.29) is 5.91 Å². The summed E-state index contributed by atoms with van der Waals surface area (Å²) >= 11 is 0. The van der Waals surface area contributed by atoms with Crippen LogP contribution in [0, 0.1) is 11.3 Å². The van der Waals surface area contributed by atoms with Crippen molar-refractivity contribution in [2.75, 3.05) is 13.1 Å². The van der Waals surface area contributed by atoms with Crippen molar-refractivity contribution in [1.29, 1.82) is 0 Å². The van der Waals surface area contributed by atoms with Gasteiger partial charge in [-0.25, -0.2) is 0 Å². The van der Waals surface area contributed by atoms with Crippen molar-refractivity contribution in [3.63, 3.8) is 0 Å². The van der Waals surface area contributed by atoms with E-state index in [0.717, 1.165) is 25.9 Å². The lowest BCUT2D eigenvalue weighted by Gasteiger charge is -2.38. The fourth-order valence-corrected chi connectivity index (χ4v) is 2.71. The lowest BCUT2D eigenvalue weighted by molar-refractivity contribution is 0.0577. The van der Waals surface area contributed by atoms with Gasteiger partial charge in [0, 0.05) is 13.1 Å². The Morgan fingerprint density at radius 3 is 2.47 bits per heavy atom. The average molecular weight is 264 g/mol. The number of hydrogen-bond acceptors (Lipinski definition) is 3. The largest absolute Gasteiger partial charge is 0.455 e. The maximum atomic E-state index is 12.3. The van der Waals surface area contributed by atoms with Gasteiger partial charge in [0.1, 0.15) is 5.76 Å². The molecule has 4 nitrogen and oxygen atoms in total. The smallest absolute Gasteiger partial charge is 0.289 e. The number of furan rings is 1. The highest BCUT2D eigenvalue weighted by atomic mass is 16.4. The van der Waals surface area contributed by atoms with Gasteiger partial charge in [-0.1, -0.05) is 20.8 Å². The van der Waals surface area contributed by atoms with Crippen molar-refractivity contribution < 1.29 is 9.21 Å². The van der Waals surface area contributed by atoms with Crippen LogP contribution in [0.25, 0.3) is 0 Å². The van der Waals surface area contributed by atoms with Gasteiger partial charge in [0.05, 0.1) is 6.54 Å². The van der Waals surface area contributed by atoms with E-state index < -0.39 is 0 Å². The molecule has 1 fully saturated rings. The van der Waals surface area contributed by atoms with Crippen molar-refractivity contribution in [3.05, 3.63) is 23.7 Å². The van der Waals surface area contributed by atoms with Gasteiger partial charge in [-0.2, -0.15) is 0 Å². The molecule has 0 bridgehead atoms. The molecule has 0 aromatic carbocycles. The maximum Gasteiger partial charge on any atom is 0.289 e. The number of carbonyl (C=O) groups is 1. The first-order valence-electron chi connectivity index (χ1n) is 7.00. The van der Waals surface area contributed by atoms with Gasteiger partial charge in [0.25, 0.3) is 5.91 Å². The topological polar surface area (TPSA) is 59.5 Å². The molecule has 0 saturated carbocycles. The van der Waals surface area contributed by atoms with Gasteiger partial charge in [-0.05, 0) is 36.3 Å². The van der Waals surface area contributed by atoms with Gasteiger partial charge in [-0.15, -0.1) is 0 Å². The van der Waals surface area contributed by atoms with Crippen LogP contribution < -0.4 is 5.73 Å². The quantitative estimate of drug-likeness (QED) is 0.893. The van der Waals surface area contributed by atoms with Crippen molar-refractivity contribution in [2.24, 2.45) is 17.1 Å². The zero-order valence-electron chi connectivity index (χ0n) is 12.1. The van der Waals surface area contributed by atoms with Gasteiger partial charge in [0.15, 0.2) is 5.76 Å². The van der Waals surface area contributed by atoms with Gasteiger partial charge < -0.3 is 15.1 Å². The summed E-state index contributed by atoms with van der Waals surface area (Å²) in [6, 6.07) is 3.50. The Labute approximate surface area is 114 Å². The number of rotatable bonds is 2. The third kappa shape index (κ3) is 3.18. The summed E-state index contributed by atoms with van der Waals surface area (Å²) in [5, 5.41) is 0. The summed E-state index contributed by atoms with van der Waals surface area (Å²) in [6.07, 6.45) is 2.14. The van der Waals surface area contributed by atoms with E-state index in [0.29, 0.717) is 29.4 Å². The Hall–Kier alpha value is -1.29. The van der Waals surface area contributed by atoms with E-state index >= 15 is 0 Å². The summed E-state index contributed by atoms with van der Waals surface area (Å²) in [7, 11) is 0. The fraction of sp³-hybridized carbons (Fsp3) is 0.667. The predicted octanol–water partition coefficient (Wildman–Crippen LogP) is 2.64. The normalized spacial score (nSPS) is 17.8. The molecule has 1 aliphatic rings. The molecule has 0 aliphatic carbocycles.